The van der Waals surface area contributed by atoms with Gasteiger partial charge in [-0.3, -0.25) is 9.69 Å². The van der Waals surface area contributed by atoms with Crippen LogP contribution in [-0.4, -0.2) is 23.0 Å². The lowest BCUT2D eigenvalue weighted by Crippen LogP contribution is -2.26. The highest BCUT2D eigenvalue weighted by Gasteiger charge is 2.16. The minimum Gasteiger partial charge on any atom is -0.359 e. The Hall–Kier alpha value is -2.92. The summed E-state index contributed by atoms with van der Waals surface area (Å²) in [5.41, 5.74) is 2.58. The first-order valence-corrected chi connectivity index (χ1v) is 8.65. The molecule has 1 aromatic heterocycles. The van der Waals surface area contributed by atoms with Gasteiger partial charge in [-0.2, -0.15) is 0 Å². The minimum atomic E-state index is -0.234. The molecule has 1 unspecified atom stereocenters. The number of nitrogens with one attached hydrogen (secondary N) is 1. The minimum absolute atomic E-state index is 0.0930. The van der Waals surface area contributed by atoms with Gasteiger partial charge in [0, 0.05) is 12.6 Å². The topological polar surface area (TPSA) is 58.4 Å². The summed E-state index contributed by atoms with van der Waals surface area (Å²) in [5.74, 6) is 0.433. The lowest BCUT2D eigenvalue weighted by Gasteiger charge is -2.14. The zero-order valence-electron chi connectivity index (χ0n) is 15.1. The number of nitrogens with zero attached hydrogens (tertiary/aromatic N) is 2. The monoisotopic (exact) mass is 349 g/mol. The number of amides is 1. The van der Waals surface area contributed by atoms with Gasteiger partial charge in [0.1, 0.15) is 0 Å². The Morgan fingerprint density at radius 1 is 1.08 bits per heavy atom. The van der Waals surface area contributed by atoms with Crippen molar-refractivity contribution in [3.8, 4) is 0 Å². The average Bonchev–Trinajstić information content (AvgIpc) is 3.11. The molecule has 0 aliphatic rings. The van der Waals surface area contributed by atoms with Crippen LogP contribution in [0.2, 0.25) is 0 Å². The zero-order valence-corrected chi connectivity index (χ0v) is 15.1. The quantitative estimate of drug-likeness (QED) is 0.705. The van der Waals surface area contributed by atoms with Crippen LogP contribution in [0.5, 0.6) is 0 Å². The van der Waals surface area contributed by atoms with E-state index in [0.717, 1.165) is 12.1 Å². The Balaban J connectivity index is 1.56. The van der Waals surface area contributed by atoms with E-state index in [2.05, 4.69) is 27.5 Å². The van der Waals surface area contributed by atoms with Crippen molar-refractivity contribution in [3.63, 3.8) is 0 Å². The summed E-state index contributed by atoms with van der Waals surface area (Å²) in [6, 6.07) is 21.6. The fraction of sp³-hybridized carbons (Fsp3) is 0.238. The summed E-state index contributed by atoms with van der Waals surface area (Å²) in [4.78, 5) is 14.5. The van der Waals surface area contributed by atoms with Crippen LogP contribution in [0.25, 0.3) is 0 Å². The molecule has 0 aliphatic heterocycles. The van der Waals surface area contributed by atoms with Gasteiger partial charge in [-0.1, -0.05) is 65.8 Å². The van der Waals surface area contributed by atoms with Crippen LogP contribution in [0.15, 0.2) is 71.3 Å². The molecular weight excluding hydrogens is 326 g/mol. The van der Waals surface area contributed by atoms with Crippen molar-refractivity contribution in [2.24, 2.45) is 0 Å². The predicted molar refractivity (Wildman–Crippen MR) is 100 cm³/mol. The van der Waals surface area contributed by atoms with E-state index >= 15 is 0 Å². The Morgan fingerprint density at radius 2 is 1.73 bits per heavy atom. The molecule has 2 aromatic carbocycles. The largest absolute Gasteiger partial charge is 0.359 e. The maximum absolute atomic E-state index is 12.4. The smallest absolute Gasteiger partial charge is 0.273 e. The summed E-state index contributed by atoms with van der Waals surface area (Å²) in [6.07, 6.45) is 0. The summed E-state index contributed by atoms with van der Waals surface area (Å²) in [5, 5.41) is 6.85. The molecule has 1 N–H and O–H groups in total. The second kappa shape index (κ2) is 8.45. The predicted octanol–water partition coefficient (Wildman–Crippen LogP) is 3.80. The molecule has 0 saturated carbocycles. The lowest BCUT2D eigenvalue weighted by atomic mass is 10.1. The summed E-state index contributed by atoms with van der Waals surface area (Å²) >= 11 is 0. The average molecular weight is 349 g/mol. The van der Waals surface area contributed by atoms with Crippen LogP contribution >= 0.6 is 0 Å². The fourth-order valence-electron chi connectivity index (χ4n) is 2.81. The van der Waals surface area contributed by atoms with Gasteiger partial charge in [0.2, 0.25) is 0 Å². The molecule has 0 fully saturated rings. The fourth-order valence-corrected chi connectivity index (χ4v) is 2.81. The number of aromatic nitrogens is 1. The van der Waals surface area contributed by atoms with E-state index in [0.29, 0.717) is 18.0 Å². The maximum atomic E-state index is 12.4. The van der Waals surface area contributed by atoms with E-state index in [1.807, 2.05) is 62.5 Å². The first-order chi connectivity index (χ1) is 12.6. The molecule has 134 valence electrons. The molecule has 0 radical (unpaired) electrons. The first kappa shape index (κ1) is 17.9. The lowest BCUT2D eigenvalue weighted by molar-refractivity contribution is 0.0930. The molecule has 5 nitrogen and oxygen atoms in total. The summed E-state index contributed by atoms with van der Waals surface area (Å²) < 4.78 is 5.33. The number of hydrogen-bond acceptors (Lipinski definition) is 4. The first-order valence-electron chi connectivity index (χ1n) is 8.65. The standard InChI is InChI=1S/C21H23N3O2/c1-16(18-11-7-4-8-12-18)22-21(25)20-13-19(26-23-20)15-24(2)14-17-9-5-3-6-10-17/h3-13,16H,14-15H2,1-2H3,(H,22,25). The van der Waals surface area contributed by atoms with Crippen LogP contribution in [-0.2, 0) is 13.1 Å². The van der Waals surface area contributed by atoms with Gasteiger partial charge in [-0.15, -0.1) is 0 Å². The van der Waals surface area contributed by atoms with Crippen LogP contribution in [0.3, 0.4) is 0 Å². The molecule has 5 heteroatoms. The number of carbonyl (C=O) groups is 1. The van der Waals surface area contributed by atoms with Crippen LogP contribution < -0.4 is 5.32 Å². The van der Waals surface area contributed by atoms with Gasteiger partial charge >= 0.3 is 0 Å². The molecule has 0 saturated heterocycles. The van der Waals surface area contributed by atoms with Gasteiger partial charge in [0.05, 0.1) is 12.6 Å². The summed E-state index contributed by atoms with van der Waals surface area (Å²) in [6.45, 7) is 3.33. The van der Waals surface area contributed by atoms with Crippen molar-refractivity contribution >= 4 is 5.91 Å². The highest BCUT2D eigenvalue weighted by molar-refractivity contribution is 5.92. The Morgan fingerprint density at radius 3 is 2.42 bits per heavy atom. The van der Waals surface area contributed by atoms with Crippen molar-refractivity contribution in [1.82, 2.24) is 15.4 Å². The van der Waals surface area contributed by atoms with Crippen molar-refractivity contribution in [3.05, 3.63) is 89.3 Å². The van der Waals surface area contributed by atoms with Crippen molar-refractivity contribution < 1.29 is 9.32 Å². The molecule has 0 aliphatic carbocycles. The van der Waals surface area contributed by atoms with Crippen molar-refractivity contribution in [2.75, 3.05) is 7.05 Å². The molecule has 3 rings (SSSR count). The van der Waals surface area contributed by atoms with E-state index in [4.69, 9.17) is 4.52 Å². The normalized spacial score (nSPS) is 12.1. The maximum Gasteiger partial charge on any atom is 0.273 e. The van der Waals surface area contributed by atoms with E-state index in [9.17, 15) is 4.79 Å². The van der Waals surface area contributed by atoms with Crippen molar-refractivity contribution in [1.29, 1.82) is 0 Å². The van der Waals surface area contributed by atoms with Gasteiger partial charge in [0.15, 0.2) is 11.5 Å². The van der Waals surface area contributed by atoms with Gasteiger partial charge < -0.3 is 9.84 Å². The Kier molecular flexibility index (Phi) is 5.81. The number of rotatable bonds is 7. The zero-order chi connectivity index (χ0) is 18.4. The molecule has 1 atom stereocenters. The molecular formula is C21H23N3O2. The van der Waals surface area contributed by atoms with Gasteiger partial charge in [-0.25, -0.2) is 0 Å². The van der Waals surface area contributed by atoms with Crippen LogP contribution in [0.1, 0.15) is 40.3 Å². The third-order valence-electron chi connectivity index (χ3n) is 4.16. The Labute approximate surface area is 153 Å². The molecule has 1 heterocycles. The molecule has 0 spiro atoms. The number of hydrogen-bond donors (Lipinski definition) is 1. The van der Waals surface area contributed by atoms with Gasteiger partial charge in [0.25, 0.3) is 5.91 Å². The molecule has 1 amide bonds. The SMILES string of the molecule is CC(NC(=O)c1cc(CN(C)Cc2ccccc2)on1)c1ccccc1. The van der Waals surface area contributed by atoms with E-state index in [-0.39, 0.29) is 11.9 Å². The molecule has 0 bridgehead atoms. The molecule has 3 aromatic rings. The number of benzene rings is 2. The van der Waals surface area contributed by atoms with Gasteiger partial charge in [-0.05, 0) is 25.1 Å². The number of carbonyl (C=O) groups excluding carboxylic acids is 1. The van der Waals surface area contributed by atoms with Crippen LogP contribution in [0, 0.1) is 0 Å². The third kappa shape index (κ3) is 4.80. The highest BCUT2D eigenvalue weighted by Crippen LogP contribution is 2.14. The second-order valence-corrected chi connectivity index (χ2v) is 6.44. The van der Waals surface area contributed by atoms with E-state index in [1.54, 1.807) is 6.07 Å². The third-order valence-corrected chi connectivity index (χ3v) is 4.16. The second-order valence-electron chi connectivity index (χ2n) is 6.44. The van der Waals surface area contributed by atoms with E-state index < -0.39 is 0 Å². The highest BCUT2D eigenvalue weighted by atomic mass is 16.5. The van der Waals surface area contributed by atoms with E-state index in [1.165, 1.54) is 5.56 Å². The van der Waals surface area contributed by atoms with Crippen LogP contribution in [0.4, 0.5) is 0 Å². The van der Waals surface area contributed by atoms with Crippen molar-refractivity contribution in [2.45, 2.75) is 26.1 Å². The molecule has 26 heavy (non-hydrogen) atoms. The summed E-state index contributed by atoms with van der Waals surface area (Å²) in [7, 11) is 2.01. The Bertz CT molecular complexity index is 831.